The minimum atomic E-state index is -3.32. The maximum absolute atomic E-state index is 11.8. The van der Waals surface area contributed by atoms with Crippen molar-refractivity contribution < 1.29 is 17.9 Å². The van der Waals surface area contributed by atoms with Crippen molar-refractivity contribution in [3.05, 3.63) is 24.3 Å². The van der Waals surface area contributed by atoms with E-state index in [0.717, 1.165) is 12.8 Å². The lowest BCUT2D eigenvalue weighted by molar-refractivity contribution is 0.0236. The Balaban J connectivity index is 1.73. The van der Waals surface area contributed by atoms with Crippen molar-refractivity contribution in [1.82, 2.24) is 4.72 Å². The largest absolute Gasteiger partial charge is 0.492 e. The van der Waals surface area contributed by atoms with E-state index in [9.17, 15) is 8.42 Å². The zero-order valence-corrected chi connectivity index (χ0v) is 12.2. The number of hydrogen-bond donors (Lipinski definition) is 2. The molecule has 1 aliphatic carbocycles. The minimum absolute atomic E-state index is 0.0164. The molecule has 0 radical (unpaired) electrons. The molecule has 7 heteroatoms. The number of ether oxygens (including phenoxy) is 2. The zero-order chi connectivity index (χ0) is 14.6. The molecule has 0 unspecified atom stereocenters. The summed E-state index contributed by atoms with van der Waals surface area (Å²) in [7, 11) is -1.68. The standard InChI is InChI=1S/C13H20N2O4S/c1-18-13-8-11(9-13)15-20(16,17)6-5-19-12-4-2-3-10(14)7-12/h2-4,7,11,13,15H,5-6,8-9,14H2,1H3. The van der Waals surface area contributed by atoms with Gasteiger partial charge in [0.05, 0.1) is 11.9 Å². The number of hydrogen-bond acceptors (Lipinski definition) is 5. The van der Waals surface area contributed by atoms with Crippen molar-refractivity contribution in [2.75, 3.05) is 25.2 Å². The number of methoxy groups -OCH3 is 1. The third-order valence-electron chi connectivity index (χ3n) is 3.25. The maximum Gasteiger partial charge on any atom is 0.215 e. The van der Waals surface area contributed by atoms with E-state index in [4.69, 9.17) is 15.2 Å². The van der Waals surface area contributed by atoms with Gasteiger partial charge in [0.2, 0.25) is 10.0 Å². The van der Waals surface area contributed by atoms with Gasteiger partial charge in [0.1, 0.15) is 12.4 Å². The first kappa shape index (κ1) is 15.1. The summed E-state index contributed by atoms with van der Waals surface area (Å²) in [6, 6.07) is 6.89. The van der Waals surface area contributed by atoms with Crippen molar-refractivity contribution in [2.24, 2.45) is 0 Å². The fraction of sp³-hybridized carbons (Fsp3) is 0.538. The van der Waals surface area contributed by atoms with Crippen LogP contribution >= 0.6 is 0 Å². The Labute approximate surface area is 119 Å². The van der Waals surface area contributed by atoms with Crippen LogP contribution in [0.1, 0.15) is 12.8 Å². The molecule has 20 heavy (non-hydrogen) atoms. The van der Waals surface area contributed by atoms with Gasteiger partial charge in [0, 0.05) is 24.9 Å². The molecule has 0 aliphatic heterocycles. The smallest absolute Gasteiger partial charge is 0.215 e. The molecular weight excluding hydrogens is 280 g/mol. The number of nitrogen functional groups attached to an aromatic ring is 1. The fourth-order valence-electron chi connectivity index (χ4n) is 2.04. The normalized spacial score (nSPS) is 22.2. The van der Waals surface area contributed by atoms with Gasteiger partial charge in [-0.1, -0.05) is 6.07 Å². The molecular formula is C13H20N2O4S. The molecule has 1 fully saturated rings. The number of rotatable bonds is 7. The summed E-state index contributed by atoms with van der Waals surface area (Å²) in [5, 5.41) is 0. The highest BCUT2D eigenvalue weighted by Crippen LogP contribution is 2.23. The van der Waals surface area contributed by atoms with Crippen LogP contribution in [-0.2, 0) is 14.8 Å². The molecule has 0 spiro atoms. The fourth-order valence-corrected chi connectivity index (χ4v) is 3.16. The second-order valence-electron chi connectivity index (χ2n) is 4.88. The number of nitrogens with one attached hydrogen (secondary N) is 1. The van der Waals surface area contributed by atoms with Crippen LogP contribution in [0.4, 0.5) is 5.69 Å². The van der Waals surface area contributed by atoms with E-state index in [0.29, 0.717) is 11.4 Å². The number of nitrogens with two attached hydrogens (primary N) is 1. The molecule has 112 valence electrons. The highest BCUT2D eigenvalue weighted by Gasteiger charge is 2.31. The van der Waals surface area contributed by atoms with Gasteiger partial charge in [-0.05, 0) is 25.0 Å². The van der Waals surface area contributed by atoms with Gasteiger partial charge in [-0.2, -0.15) is 0 Å². The molecule has 0 atom stereocenters. The summed E-state index contributed by atoms with van der Waals surface area (Å²) in [4.78, 5) is 0. The predicted octanol–water partition coefficient (Wildman–Crippen LogP) is 0.744. The summed E-state index contributed by atoms with van der Waals surface area (Å²) in [5.74, 6) is 0.499. The SMILES string of the molecule is COC1CC(NS(=O)(=O)CCOc2cccc(N)c2)C1. The van der Waals surface area contributed by atoms with Crippen LogP contribution in [0.25, 0.3) is 0 Å². The molecule has 0 bridgehead atoms. The first-order valence-corrected chi connectivity index (χ1v) is 8.15. The van der Waals surface area contributed by atoms with Crippen molar-refractivity contribution in [3.63, 3.8) is 0 Å². The summed E-state index contributed by atoms with van der Waals surface area (Å²) < 4.78 is 36.8. The van der Waals surface area contributed by atoms with Gasteiger partial charge in [0.25, 0.3) is 0 Å². The lowest BCUT2D eigenvalue weighted by Gasteiger charge is -2.34. The number of sulfonamides is 1. The Kier molecular flexibility index (Phi) is 4.85. The van der Waals surface area contributed by atoms with Crippen LogP contribution in [0.2, 0.25) is 0 Å². The topological polar surface area (TPSA) is 90.6 Å². The van der Waals surface area contributed by atoms with Crippen LogP contribution in [0.5, 0.6) is 5.75 Å². The second kappa shape index (κ2) is 6.43. The molecule has 0 saturated heterocycles. The van der Waals surface area contributed by atoms with Crippen LogP contribution < -0.4 is 15.2 Å². The number of benzene rings is 1. The van der Waals surface area contributed by atoms with E-state index in [1.54, 1.807) is 31.4 Å². The van der Waals surface area contributed by atoms with Crippen molar-refractivity contribution in [2.45, 2.75) is 25.0 Å². The van der Waals surface area contributed by atoms with Crippen molar-refractivity contribution >= 4 is 15.7 Å². The minimum Gasteiger partial charge on any atom is -0.492 e. The lowest BCUT2D eigenvalue weighted by Crippen LogP contribution is -2.48. The Bertz CT molecular complexity index is 541. The van der Waals surface area contributed by atoms with E-state index >= 15 is 0 Å². The highest BCUT2D eigenvalue weighted by molar-refractivity contribution is 7.89. The van der Waals surface area contributed by atoms with E-state index in [1.807, 2.05) is 0 Å². The average molecular weight is 300 g/mol. The van der Waals surface area contributed by atoms with Gasteiger partial charge in [-0.25, -0.2) is 13.1 Å². The third kappa shape index (κ3) is 4.36. The van der Waals surface area contributed by atoms with Crippen LogP contribution in [0, 0.1) is 0 Å². The molecule has 1 aromatic rings. The third-order valence-corrected chi connectivity index (χ3v) is 4.65. The summed E-state index contributed by atoms with van der Waals surface area (Å²) in [5.41, 5.74) is 6.20. The second-order valence-corrected chi connectivity index (χ2v) is 6.76. The average Bonchev–Trinajstić information content (AvgIpc) is 2.33. The van der Waals surface area contributed by atoms with Gasteiger partial charge in [-0.15, -0.1) is 0 Å². The Morgan fingerprint density at radius 2 is 2.15 bits per heavy atom. The number of anilines is 1. The summed E-state index contributed by atoms with van der Waals surface area (Å²) in [6.07, 6.45) is 1.63. The first-order valence-electron chi connectivity index (χ1n) is 6.49. The van der Waals surface area contributed by atoms with Crippen LogP contribution in [0.15, 0.2) is 24.3 Å². The van der Waals surface area contributed by atoms with Crippen molar-refractivity contribution in [1.29, 1.82) is 0 Å². The molecule has 3 N–H and O–H groups in total. The molecule has 1 aliphatic rings. The molecule has 0 heterocycles. The lowest BCUT2D eigenvalue weighted by atomic mass is 9.90. The van der Waals surface area contributed by atoms with E-state index in [2.05, 4.69) is 4.72 Å². The van der Waals surface area contributed by atoms with E-state index < -0.39 is 10.0 Å². The van der Waals surface area contributed by atoms with Crippen molar-refractivity contribution in [3.8, 4) is 5.75 Å². The molecule has 1 saturated carbocycles. The van der Waals surface area contributed by atoms with E-state index in [1.165, 1.54) is 0 Å². The highest BCUT2D eigenvalue weighted by atomic mass is 32.2. The molecule has 6 nitrogen and oxygen atoms in total. The Morgan fingerprint density at radius 3 is 2.80 bits per heavy atom. The predicted molar refractivity (Wildman–Crippen MR) is 77.1 cm³/mol. The maximum atomic E-state index is 11.8. The van der Waals surface area contributed by atoms with E-state index in [-0.39, 0.29) is 24.5 Å². The molecule has 1 aromatic carbocycles. The van der Waals surface area contributed by atoms with Crippen LogP contribution in [0.3, 0.4) is 0 Å². The van der Waals surface area contributed by atoms with Crippen LogP contribution in [-0.4, -0.2) is 40.0 Å². The Morgan fingerprint density at radius 1 is 1.40 bits per heavy atom. The van der Waals surface area contributed by atoms with Gasteiger partial charge in [-0.3, -0.25) is 0 Å². The summed E-state index contributed by atoms with van der Waals surface area (Å²) >= 11 is 0. The van der Waals surface area contributed by atoms with Gasteiger partial charge in [0.15, 0.2) is 0 Å². The molecule has 2 rings (SSSR count). The zero-order valence-electron chi connectivity index (χ0n) is 11.4. The monoisotopic (exact) mass is 300 g/mol. The molecule has 0 amide bonds. The van der Waals surface area contributed by atoms with Gasteiger partial charge >= 0.3 is 0 Å². The Hall–Kier alpha value is -1.31. The quantitative estimate of drug-likeness (QED) is 0.725. The first-order chi connectivity index (χ1) is 9.48. The van der Waals surface area contributed by atoms with Gasteiger partial charge < -0.3 is 15.2 Å². The summed E-state index contributed by atoms with van der Waals surface area (Å²) in [6.45, 7) is 0.0964. The molecule has 0 aromatic heterocycles.